The maximum atomic E-state index is 9.70. The maximum absolute atomic E-state index is 9.70. The number of aliphatic hydroxyl groups excluding tert-OH is 1. The molecule has 0 spiro atoms. The van der Waals surface area contributed by atoms with Crippen LogP contribution in [0.1, 0.15) is 17.5 Å². The first-order valence-corrected chi connectivity index (χ1v) is 8.43. The van der Waals surface area contributed by atoms with Crippen LogP contribution in [0.15, 0.2) is 18.3 Å². The lowest BCUT2D eigenvalue weighted by Crippen LogP contribution is -2.27. The van der Waals surface area contributed by atoms with Crippen LogP contribution in [0, 0.1) is 30.1 Å². The van der Waals surface area contributed by atoms with E-state index < -0.39 is 0 Å². The quantitative estimate of drug-likeness (QED) is 0.870. The maximum Gasteiger partial charge on any atom is 0.103 e. The minimum atomic E-state index is 0.0857. The smallest absolute Gasteiger partial charge is 0.103 e. The van der Waals surface area contributed by atoms with Gasteiger partial charge in [0.05, 0.1) is 21.8 Å². The Morgan fingerprint density at radius 2 is 2.38 bits per heavy atom. The largest absolute Gasteiger partial charge is 0.396 e. The number of anilines is 1. The van der Waals surface area contributed by atoms with E-state index in [2.05, 4.69) is 16.4 Å². The van der Waals surface area contributed by atoms with Gasteiger partial charge in [-0.25, -0.2) is 0 Å². The summed E-state index contributed by atoms with van der Waals surface area (Å²) in [5, 5.41) is 23.9. The third-order valence-electron chi connectivity index (χ3n) is 4.60. The molecule has 2 atom stereocenters. The lowest BCUT2D eigenvalue weighted by molar-refractivity contribution is 0.145. The fraction of sp³-hybridized carbons (Fsp3) is 0.444. The van der Waals surface area contributed by atoms with Crippen LogP contribution in [0.5, 0.6) is 0 Å². The Hall–Kier alpha value is -1.87. The standard InChI is InChI=1S/C18H20ClN3O2/c1-11-4-15-17(13(6-20)7-22-18(15)16(19)5-11)21-8-14(9-23)12-2-3-24-10-12/h4-5,7,12,14,23H,2-3,8-10H2,1H3,(H,21,22)/t12-,14+/m0/s1. The van der Waals surface area contributed by atoms with Crippen molar-refractivity contribution in [2.75, 3.05) is 31.7 Å². The van der Waals surface area contributed by atoms with Gasteiger partial charge in [0.25, 0.3) is 0 Å². The summed E-state index contributed by atoms with van der Waals surface area (Å²) in [6.45, 7) is 4.05. The predicted molar refractivity (Wildman–Crippen MR) is 94.2 cm³/mol. The highest BCUT2D eigenvalue weighted by Crippen LogP contribution is 2.32. The van der Waals surface area contributed by atoms with Crippen LogP contribution < -0.4 is 5.32 Å². The van der Waals surface area contributed by atoms with Crippen molar-refractivity contribution in [1.29, 1.82) is 5.26 Å². The van der Waals surface area contributed by atoms with E-state index in [0.29, 0.717) is 35.2 Å². The molecular weight excluding hydrogens is 326 g/mol. The number of fused-ring (bicyclic) bond motifs is 1. The lowest BCUT2D eigenvalue weighted by atomic mass is 9.92. The Morgan fingerprint density at radius 1 is 1.54 bits per heavy atom. The number of aliphatic hydroxyl groups is 1. The number of hydrogen-bond donors (Lipinski definition) is 2. The molecule has 0 unspecified atom stereocenters. The van der Waals surface area contributed by atoms with E-state index in [9.17, 15) is 10.4 Å². The van der Waals surface area contributed by atoms with Crippen molar-refractivity contribution in [3.05, 3.63) is 34.5 Å². The van der Waals surface area contributed by atoms with E-state index in [-0.39, 0.29) is 12.5 Å². The summed E-state index contributed by atoms with van der Waals surface area (Å²) >= 11 is 6.29. The van der Waals surface area contributed by atoms with Gasteiger partial charge in [-0.3, -0.25) is 4.98 Å². The van der Waals surface area contributed by atoms with Crippen molar-refractivity contribution in [3.63, 3.8) is 0 Å². The van der Waals surface area contributed by atoms with Crippen LogP contribution in [0.2, 0.25) is 5.02 Å². The lowest BCUT2D eigenvalue weighted by Gasteiger charge is -2.22. The van der Waals surface area contributed by atoms with Gasteiger partial charge >= 0.3 is 0 Å². The number of nitrogens with zero attached hydrogens (tertiary/aromatic N) is 2. The van der Waals surface area contributed by atoms with Crippen LogP contribution in [0.4, 0.5) is 5.69 Å². The Kier molecular flexibility index (Phi) is 5.20. The van der Waals surface area contributed by atoms with Crippen molar-refractivity contribution in [1.82, 2.24) is 4.98 Å². The highest BCUT2D eigenvalue weighted by atomic mass is 35.5. The number of benzene rings is 1. The molecule has 0 bridgehead atoms. The van der Waals surface area contributed by atoms with Gasteiger partial charge in [-0.2, -0.15) is 5.26 Å². The molecule has 3 rings (SSSR count). The molecule has 2 heterocycles. The molecule has 24 heavy (non-hydrogen) atoms. The normalized spacial score (nSPS) is 18.5. The van der Waals surface area contributed by atoms with Crippen molar-refractivity contribution < 1.29 is 9.84 Å². The molecule has 1 aromatic heterocycles. The SMILES string of the molecule is Cc1cc(Cl)c2ncc(C#N)c(NC[C@H](CO)[C@H]3CCOC3)c2c1. The van der Waals surface area contributed by atoms with Gasteiger partial charge in [0.2, 0.25) is 0 Å². The van der Waals surface area contributed by atoms with Gasteiger partial charge in [0.15, 0.2) is 0 Å². The first kappa shape index (κ1) is 17.0. The molecule has 1 aromatic carbocycles. The second kappa shape index (κ2) is 7.35. The Labute approximate surface area is 146 Å². The van der Waals surface area contributed by atoms with Crippen LogP contribution in [0.3, 0.4) is 0 Å². The molecule has 1 fully saturated rings. The van der Waals surface area contributed by atoms with Crippen molar-refractivity contribution in [2.45, 2.75) is 13.3 Å². The summed E-state index contributed by atoms with van der Waals surface area (Å²) in [6, 6.07) is 6.02. The van der Waals surface area contributed by atoms with Gasteiger partial charge in [-0.1, -0.05) is 11.6 Å². The zero-order chi connectivity index (χ0) is 17.1. The van der Waals surface area contributed by atoms with Crippen molar-refractivity contribution in [2.24, 2.45) is 11.8 Å². The summed E-state index contributed by atoms with van der Waals surface area (Å²) in [5.74, 6) is 0.425. The van der Waals surface area contributed by atoms with E-state index in [4.69, 9.17) is 16.3 Å². The zero-order valence-corrected chi connectivity index (χ0v) is 14.3. The Morgan fingerprint density at radius 3 is 3.04 bits per heavy atom. The summed E-state index contributed by atoms with van der Waals surface area (Å²) < 4.78 is 5.42. The second-order valence-corrected chi connectivity index (χ2v) is 6.66. The van der Waals surface area contributed by atoms with Gasteiger partial charge in [-0.05, 0) is 37.0 Å². The number of hydrogen-bond acceptors (Lipinski definition) is 5. The molecule has 0 amide bonds. The average Bonchev–Trinajstić information content (AvgIpc) is 3.09. The van der Waals surface area contributed by atoms with E-state index in [0.717, 1.165) is 29.7 Å². The van der Waals surface area contributed by atoms with Gasteiger partial charge in [0, 0.05) is 43.9 Å². The summed E-state index contributed by atoms with van der Waals surface area (Å²) in [6.07, 6.45) is 2.50. The molecular formula is C18H20ClN3O2. The van der Waals surface area contributed by atoms with Crippen LogP contribution in [0.25, 0.3) is 10.9 Å². The van der Waals surface area contributed by atoms with E-state index >= 15 is 0 Å². The van der Waals surface area contributed by atoms with Crippen LogP contribution >= 0.6 is 11.6 Å². The molecule has 1 saturated heterocycles. The molecule has 126 valence electrons. The highest BCUT2D eigenvalue weighted by Gasteiger charge is 2.25. The first-order valence-electron chi connectivity index (χ1n) is 8.05. The monoisotopic (exact) mass is 345 g/mol. The molecule has 1 aliphatic heterocycles. The van der Waals surface area contributed by atoms with Gasteiger partial charge in [-0.15, -0.1) is 0 Å². The molecule has 2 N–H and O–H groups in total. The molecule has 6 heteroatoms. The van der Waals surface area contributed by atoms with Crippen LogP contribution in [-0.2, 0) is 4.74 Å². The third kappa shape index (κ3) is 3.32. The van der Waals surface area contributed by atoms with Crippen LogP contribution in [-0.4, -0.2) is 36.5 Å². The minimum Gasteiger partial charge on any atom is -0.396 e. The van der Waals surface area contributed by atoms with Crippen molar-refractivity contribution in [3.8, 4) is 6.07 Å². The predicted octanol–water partition coefficient (Wildman–Crippen LogP) is 3.13. The third-order valence-corrected chi connectivity index (χ3v) is 4.88. The molecule has 2 aromatic rings. The second-order valence-electron chi connectivity index (χ2n) is 6.25. The van der Waals surface area contributed by atoms with E-state index in [1.165, 1.54) is 0 Å². The summed E-state index contributed by atoms with van der Waals surface area (Å²) in [4.78, 5) is 4.31. The number of pyridine rings is 1. The molecule has 0 saturated carbocycles. The van der Waals surface area contributed by atoms with Crippen molar-refractivity contribution >= 4 is 28.2 Å². The number of rotatable bonds is 5. The zero-order valence-electron chi connectivity index (χ0n) is 13.6. The number of aromatic nitrogens is 1. The number of ether oxygens (including phenoxy) is 1. The fourth-order valence-corrected chi connectivity index (χ4v) is 3.53. The molecule has 5 nitrogen and oxygen atoms in total. The van der Waals surface area contributed by atoms with Gasteiger partial charge < -0.3 is 15.2 Å². The minimum absolute atomic E-state index is 0.0857. The first-order chi connectivity index (χ1) is 11.6. The molecule has 0 radical (unpaired) electrons. The Bertz CT molecular complexity index is 782. The van der Waals surface area contributed by atoms with E-state index in [1.54, 1.807) is 6.20 Å². The number of aryl methyl sites for hydroxylation is 1. The van der Waals surface area contributed by atoms with E-state index in [1.807, 2.05) is 19.1 Å². The number of nitrogens with one attached hydrogen (secondary N) is 1. The summed E-state index contributed by atoms with van der Waals surface area (Å²) in [7, 11) is 0. The highest BCUT2D eigenvalue weighted by molar-refractivity contribution is 6.35. The molecule has 0 aliphatic carbocycles. The summed E-state index contributed by atoms with van der Waals surface area (Å²) in [5.41, 5.74) is 2.89. The number of nitriles is 1. The fourth-order valence-electron chi connectivity index (χ4n) is 3.21. The van der Waals surface area contributed by atoms with Gasteiger partial charge in [0.1, 0.15) is 6.07 Å². The average molecular weight is 346 g/mol. The molecule has 1 aliphatic rings. The Balaban J connectivity index is 1.93. The number of halogens is 1. The topological polar surface area (TPSA) is 78.2 Å².